The summed E-state index contributed by atoms with van der Waals surface area (Å²) in [7, 11) is 1.64. The molecule has 0 aliphatic rings. The van der Waals surface area contributed by atoms with Crippen molar-refractivity contribution in [3.8, 4) is 5.75 Å². The zero-order chi connectivity index (χ0) is 10.1. The molecule has 0 bridgehead atoms. The van der Waals surface area contributed by atoms with E-state index in [1.165, 1.54) is 0 Å². The minimum atomic E-state index is 0.270. The van der Waals surface area contributed by atoms with Crippen molar-refractivity contribution in [2.75, 3.05) is 7.11 Å². The summed E-state index contributed by atoms with van der Waals surface area (Å²) in [5.74, 6) is 0.773. The van der Waals surface area contributed by atoms with Crippen molar-refractivity contribution >= 4 is 11.0 Å². The van der Waals surface area contributed by atoms with E-state index in [1.807, 2.05) is 32.0 Å². The highest BCUT2D eigenvalue weighted by atomic mass is 16.5. The summed E-state index contributed by atoms with van der Waals surface area (Å²) in [6, 6.07) is 6.01. The van der Waals surface area contributed by atoms with Gasteiger partial charge in [-0.25, -0.2) is 0 Å². The van der Waals surface area contributed by atoms with E-state index >= 15 is 0 Å². The smallest absolute Gasteiger partial charge is 0.155 e. The molecule has 0 unspecified atom stereocenters. The Balaban J connectivity index is 2.64. The molecule has 2 rings (SSSR count). The fraction of sp³-hybridized carbons (Fsp3) is 0.400. The minimum absolute atomic E-state index is 0.270. The maximum Gasteiger partial charge on any atom is 0.155 e. The maximum atomic E-state index is 5.20. The van der Waals surface area contributed by atoms with E-state index in [0.717, 1.165) is 16.8 Å². The first-order chi connectivity index (χ1) is 6.72. The van der Waals surface area contributed by atoms with Gasteiger partial charge in [-0.15, -0.1) is 5.10 Å². The second-order valence-electron chi connectivity index (χ2n) is 3.44. The molecule has 0 amide bonds. The molecule has 0 aliphatic carbocycles. The third-order valence-corrected chi connectivity index (χ3v) is 2.07. The molecule has 0 saturated carbocycles. The van der Waals surface area contributed by atoms with Gasteiger partial charge in [0, 0.05) is 0 Å². The van der Waals surface area contributed by atoms with E-state index in [9.17, 15) is 0 Å². The highest BCUT2D eigenvalue weighted by molar-refractivity contribution is 5.80. The normalized spacial score (nSPS) is 11.1. The van der Waals surface area contributed by atoms with Crippen LogP contribution in [0.2, 0.25) is 0 Å². The average Bonchev–Trinajstić information content (AvgIpc) is 2.60. The summed E-state index contributed by atoms with van der Waals surface area (Å²) in [6.45, 7) is 4.09. The predicted molar refractivity (Wildman–Crippen MR) is 54.5 cm³/mol. The monoisotopic (exact) mass is 191 g/mol. The van der Waals surface area contributed by atoms with Crippen molar-refractivity contribution in [2.24, 2.45) is 0 Å². The average molecular weight is 191 g/mol. The predicted octanol–water partition coefficient (Wildman–Crippen LogP) is 2.02. The standard InChI is InChI=1S/C10H13N3O/c1-7(2)13-11-8-5-4-6-9(14-3)10(8)12-13/h4-7H,1-3H3. The van der Waals surface area contributed by atoms with Gasteiger partial charge < -0.3 is 4.74 Å². The fourth-order valence-corrected chi connectivity index (χ4v) is 1.32. The van der Waals surface area contributed by atoms with E-state index in [-0.39, 0.29) is 6.04 Å². The number of rotatable bonds is 2. The van der Waals surface area contributed by atoms with Gasteiger partial charge in [0.05, 0.1) is 13.2 Å². The first kappa shape index (κ1) is 8.99. The molecule has 2 aromatic rings. The third kappa shape index (κ3) is 1.32. The van der Waals surface area contributed by atoms with Crippen LogP contribution in [0.5, 0.6) is 5.75 Å². The number of hydrogen-bond acceptors (Lipinski definition) is 3. The summed E-state index contributed by atoms with van der Waals surface area (Å²) < 4.78 is 5.20. The number of nitrogens with zero attached hydrogens (tertiary/aromatic N) is 3. The zero-order valence-corrected chi connectivity index (χ0v) is 8.56. The molecule has 1 heterocycles. The SMILES string of the molecule is COc1cccc2nn(C(C)C)nc12. The molecule has 1 aromatic carbocycles. The Morgan fingerprint density at radius 1 is 1.29 bits per heavy atom. The van der Waals surface area contributed by atoms with Crippen LogP contribution in [0.15, 0.2) is 18.2 Å². The van der Waals surface area contributed by atoms with Crippen molar-refractivity contribution in [3.05, 3.63) is 18.2 Å². The lowest BCUT2D eigenvalue weighted by molar-refractivity contribution is 0.416. The van der Waals surface area contributed by atoms with Gasteiger partial charge >= 0.3 is 0 Å². The lowest BCUT2D eigenvalue weighted by atomic mass is 10.3. The summed E-state index contributed by atoms with van der Waals surface area (Å²) in [5, 5.41) is 8.71. The van der Waals surface area contributed by atoms with Gasteiger partial charge in [-0.05, 0) is 26.0 Å². The van der Waals surface area contributed by atoms with Gasteiger partial charge in [0.25, 0.3) is 0 Å². The Morgan fingerprint density at radius 2 is 2.07 bits per heavy atom. The molecule has 0 aliphatic heterocycles. The lowest BCUT2D eigenvalue weighted by Gasteiger charge is -2.00. The Labute approximate surface area is 82.5 Å². The van der Waals surface area contributed by atoms with E-state index in [4.69, 9.17) is 4.74 Å². The van der Waals surface area contributed by atoms with Crippen molar-refractivity contribution in [1.82, 2.24) is 15.0 Å². The first-order valence-electron chi connectivity index (χ1n) is 4.62. The molecule has 74 valence electrons. The second kappa shape index (κ2) is 3.29. The first-order valence-corrected chi connectivity index (χ1v) is 4.62. The molecule has 4 heteroatoms. The second-order valence-corrected chi connectivity index (χ2v) is 3.44. The molecular weight excluding hydrogens is 178 g/mol. The van der Waals surface area contributed by atoms with Crippen LogP contribution < -0.4 is 4.74 Å². The van der Waals surface area contributed by atoms with Crippen LogP contribution in [0.4, 0.5) is 0 Å². The maximum absolute atomic E-state index is 5.20. The number of fused-ring (bicyclic) bond motifs is 1. The summed E-state index contributed by atoms with van der Waals surface area (Å²) >= 11 is 0. The molecule has 0 saturated heterocycles. The Hall–Kier alpha value is -1.58. The molecule has 14 heavy (non-hydrogen) atoms. The molecule has 4 nitrogen and oxygen atoms in total. The Kier molecular flexibility index (Phi) is 2.11. The minimum Gasteiger partial charge on any atom is -0.494 e. The van der Waals surface area contributed by atoms with Crippen LogP contribution in [-0.4, -0.2) is 22.1 Å². The number of aromatic nitrogens is 3. The van der Waals surface area contributed by atoms with Crippen LogP contribution in [0, 0.1) is 0 Å². The molecular formula is C10H13N3O. The zero-order valence-electron chi connectivity index (χ0n) is 8.56. The van der Waals surface area contributed by atoms with Gasteiger partial charge in [-0.2, -0.15) is 9.90 Å². The topological polar surface area (TPSA) is 39.9 Å². The number of hydrogen-bond donors (Lipinski definition) is 0. The van der Waals surface area contributed by atoms with Gasteiger partial charge in [-0.1, -0.05) is 6.07 Å². The lowest BCUT2D eigenvalue weighted by Crippen LogP contribution is -2.04. The molecule has 1 aromatic heterocycles. The van der Waals surface area contributed by atoms with Crippen molar-refractivity contribution in [1.29, 1.82) is 0 Å². The highest BCUT2D eigenvalue weighted by Gasteiger charge is 2.08. The van der Waals surface area contributed by atoms with E-state index < -0.39 is 0 Å². The Bertz CT molecular complexity index is 448. The van der Waals surface area contributed by atoms with Crippen LogP contribution in [0.3, 0.4) is 0 Å². The van der Waals surface area contributed by atoms with E-state index in [2.05, 4.69) is 10.2 Å². The van der Waals surface area contributed by atoms with Crippen molar-refractivity contribution < 1.29 is 4.74 Å². The summed E-state index contributed by atoms with van der Waals surface area (Å²) in [5.41, 5.74) is 1.70. The van der Waals surface area contributed by atoms with E-state index in [0.29, 0.717) is 0 Å². The molecule has 0 atom stereocenters. The molecule has 0 fully saturated rings. The van der Waals surface area contributed by atoms with Gasteiger partial charge in [-0.3, -0.25) is 0 Å². The number of benzene rings is 1. The highest BCUT2D eigenvalue weighted by Crippen LogP contribution is 2.22. The van der Waals surface area contributed by atoms with Gasteiger partial charge in [0.1, 0.15) is 11.3 Å². The van der Waals surface area contributed by atoms with Gasteiger partial charge in [0.15, 0.2) is 5.52 Å². The summed E-state index contributed by atoms with van der Waals surface area (Å²) in [6.07, 6.45) is 0. The quantitative estimate of drug-likeness (QED) is 0.729. The van der Waals surface area contributed by atoms with Gasteiger partial charge in [0.2, 0.25) is 0 Å². The fourth-order valence-electron chi connectivity index (χ4n) is 1.32. The molecule has 0 N–H and O–H groups in total. The van der Waals surface area contributed by atoms with Crippen LogP contribution in [0.25, 0.3) is 11.0 Å². The molecule has 0 radical (unpaired) electrons. The van der Waals surface area contributed by atoms with Crippen LogP contribution in [-0.2, 0) is 0 Å². The molecule has 0 spiro atoms. The third-order valence-electron chi connectivity index (χ3n) is 2.07. The summed E-state index contributed by atoms with van der Waals surface area (Å²) in [4.78, 5) is 1.70. The van der Waals surface area contributed by atoms with Crippen LogP contribution in [0.1, 0.15) is 19.9 Å². The number of methoxy groups -OCH3 is 1. The van der Waals surface area contributed by atoms with E-state index in [1.54, 1.807) is 11.9 Å². The van der Waals surface area contributed by atoms with Crippen molar-refractivity contribution in [3.63, 3.8) is 0 Å². The Morgan fingerprint density at radius 3 is 2.71 bits per heavy atom. The number of ether oxygens (including phenoxy) is 1. The van der Waals surface area contributed by atoms with Crippen LogP contribution >= 0.6 is 0 Å². The van der Waals surface area contributed by atoms with Crippen molar-refractivity contribution in [2.45, 2.75) is 19.9 Å². The largest absolute Gasteiger partial charge is 0.494 e.